The summed E-state index contributed by atoms with van der Waals surface area (Å²) in [4.78, 5) is 14.2. The molecule has 0 aromatic heterocycles. The molecule has 2 heterocycles. The van der Waals surface area contributed by atoms with Crippen molar-refractivity contribution < 1.29 is 4.79 Å². The van der Waals surface area contributed by atoms with Gasteiger partial charge in [-0.25, -0.2) is 4.79 Å². The van der Waals surface area contributed by atoms with Crippen LogP contribution in [0.1, 0.15) is 38.5 Å². The van der Waals surface area contributed by atoms with Crippen LogP contribution in [0.4, 0.5) is 4.79 Å². The molecule has 4 heteroatoms. The summed E-state index contributed by atoms with van der Waals surface area (Å²) in [6.45, 7) is 4.25. The third-order valence-corrected chi connectivity index (χ3v) is 4.92. The summed E-state index contributed by atoms with van der Waals surface area (Å²) in [6.07, 6.45) is 7.25. The zero-order chi connectivity index (χ0) is 12.4. The highest BCUT2D eigenvalue weighted by atomic mass is 16.2. The molecule has 3 rings (SSSR count). The van der Waals surface area contributed by atoms with Crippen molar-refractivity contribution in [2.75, 3.05) is 26.2 Å². The molecular formula is C14H25N3O. The van der Waals surface area contributed by atoms with E-state index >= 15 is 0 Å². The molecule has 3 atom stereocenters. The smallest absolute Gasteiger partial charge is 0.317 e. The zero-order valence-corrected chi connectivity index (χ0v) is 11.2. The molecule has 0 radical (unpaired) electrons. The van der Waals surface area contributed by atoms with Gasteiger partial charge in [-0.2, -0.15) is 0 Å². The van der Waals surface area contributed by atoms with Crippen molar-refractivity contribution in [2.45, 2.75) is 44.6 Å². The molecule has 102 valence electrons. The number of nitrogens with zero attached hydrogens (tertiary/aromatic N) is 1. The highest BCUT2D eigenvalue weighted by molar-refractivity contribution is 5.74. The van der Waals surface area contributed by atoms with Crippen LogP contribution in [0.3, 0.4) is 0 Å². The van der Waals surface area contributed by atoms with Crippen molar-refractivity contribution in [3.05, 3.63) is 0 Å². The first-order valence-electron chi connectivity index (χ1n) is 7.59. The Kier molecular flexibility index (Phi) is 3.73. The van der Waals surface area contributed by atoms with Gasteiger partial charge in [0.15, 0.2) is 0 Å². The van der Waals surface area contributed by atoms with Gasteiger partial charge in [-0.3, -0.25) is 0 Å². The molecule has 1 aliphatic carbocycles. The fourth-order valence-electron chi connectivity index (χ4n) is 3.79. The number of carbonyl (C=O) groups excluding carboxylic acids is 1. The van der Waals surface area contributed by atoms with E-state index in [1.165, 1.54) is 45.1 Å². The van der Waals surface area contributed by atoms with E-state index in [4.69, 9.17) is 0 Å². The van der Waals surface area contributed by atoms with Crippen LogP contribution in [0.5, 0.6) is 0 Å². The third kappa shape index (κ3) is 2.63. The zero-order valence-electron chi connectivity index (χ0n) is 11.2. The Balaban J connectivity index is 1.48. The van der Waals surface area contributed by atoms with Gasteiger partial charge in [0.25, 0.3) is 0 Å². The number of fused-ring (bicyclic) bond motifs is 1. The van der Waals surface area contributed by atoms with Gasteiger partial charge in [-0.1, -0.05) is 0 Å². The largest absolute Gasteiger partial charge is 0.335 e. The first kappa shape index (κ1) is 12.3. The molecule has 0 aromatic rings. The van der Waals surface area contributed by atoms with Gasteiger partial charge < -0.3 is 15.5 Å². The maximum atomic E-state index is 12.2. The van der Waals surface area contributed by atoms with Gasteiger partial charge in [-0.05, 0) is 63.5 Å². The Hall–Kier alpha value is -0.770. The second-order valence-corrected chi connectivity index (χ2v) is 6.19. The molecule has 3 fully saturated rings. The summed E-state index contributed by atoms with van der Waals surface area (Å²) in [6, 6.07) is 0.602. The van der Waals surface area contributed by atoms with E-state index in [1.54, 1.807) is 0 Å². The molecule has 0 spiro atoms. The quantitative estimate of drug-likeness (QED) is 0.743. The Bertz CT molecular complexity index is 301. The van der Waals surface area contributed by atoms with Crippen LogP contribution in [0.15, 0.2) is 0 Å². The molecule has 3 aliphatic rings. The predicted molar refractivity (Wildman–Crippen MR) is 71.4 cm³/mol. The number of likely N-dealkylation sites (tertiary alicyclic amines) is 1. The van der Waals surface area contributed by atoms with Gasteiger partial charge in [-0.15, -0.1) is 0 Å². The molecule has 2 aliphatic heterocycles. The first-order chi connectivity index (χ1) is 8.83. The van der Waals surface area contributed by atoms with Crippen molar-refractivity contribution >= 4 is 6.03 Å². The number of hydrogen-bond donors (Lipinski definition) is 2. The topological polar surface area (TPSA) is 44.4 Å². The Labute approximate surface area is 109 Å². The molecule has 1 saturated carbocycles. The molecule has 0 aromatic carbocycles. The van der Waals surface area contributed by atoms with Gasteiger partial charge in [0, 0.05) is 19.1 Å². The Morgan fingerprint density at radius 1 is 1.06 bits per heavy atom. The summed E-state index contributed by atoms with van der Waals surface area (Å²) in [5.41, 5.74) is 0. The van der Waals surface area contributed by atoms with E-state index in [-0.39, 0.29) is 6.03 Å². The second-order valence-electron chi connectivity index (χ2n) is 6.19. The number of rotatable bonds is 1. The minimum Gasteiger partial charge on any atom is -0.335 e. The van der Waals surface area contributed by atoms with E-state index in [0.717, 1.165) is 31.5 Å². The number of urea groups is 1. The SMILES string of the molecule is O=C(NC1CC[C@H]2CNC[C@H]2C1)N1CCCCC1. The number of piperidine rings is 1. The number of amides is 2. The average molecular weight is 251 g/mol. The number of nitrogens with one attached hydrogen (secondary N) is 2. The molecule has 18 heavy (non-hydrogen) atoms. The highest BCUT2D eigenvalue weighted by Crippen LogP contribution is 2.32. The molecule has 1 unspecified atom stereocenters. The molecule has 4 nitrogen and oxygen atoms in total. The molecular weight excluding hydrogens is 226 g/mol. The summed E-state index contributed by atoms with van der Waals surface area (Å²) < 4.78 is 0. The molecule has 2 amide bonds. The summed E-state index contributed by atoms with van der Waals surface area (Å²) in [7, 11) is 0. The normalized spacial score (nSPS) is 36.2. The van der Waals surface area contributed by atoms with Crippen molar-refractivity contribution in [2.24, 2.45) is 11.8 Å². The minimum absolute atomic E-state index is 0.184. The van der Waals surface area contributed by atoms with Crippen LogP contribution in [-0.4, -0.2) is 43.2 Å². The molecule has 0 bridgehead atoms. The first-order valence-corrected chi connectivity index (χ1v) is 7.59. The van der Waals surface area contributed by atoms with Crippen molar-refractivity contribution in [3.8, 4) is 0 Å². The van der Waals surface area contributed by atoms with Gasteiger partial charge in [0.05, 0.1) is 0 Å². The fraction of sp³-hybridized carbons (Fsp3) is 0.929. The monoisotopic (exact) mass is 251 g/mol. The van der Waals surface area contributed by atoms with Crippen molar-refractivity contribution in [1.29, 1.82) is 0 Å². The van der Waals surface area contributed by atoms with Crippen LogP contribution in [0.2, 0.25) is 0 Å². The lowest BCUT2D eigenvalue weighted by atomic mass is 9.79. The Morgan fingerprint density at radius 3 is 2.67 bits per heavy atom. The summed E-state index contributed by atoms with van der Waals surface area (Å²) >= 11 is 0. The fourth-order valence-corrected chi connectivity index (χ4v) is 3.79. The van der Waals surface area contributed by atoms with Gasteiger partial charge >= 0.3 is 6.03 Å². The van der Waals surface area contributed by atoms with Crippen LogP contribution >= 0.6 is 0 Å². The lowest BCUT2D eigenvalue weighted by Crippen LogP contribution is -2.48. The average Bonchev–Trinajstić information content (AvgIpc) is 2.87. The summed E-state index contributed by atoms with van der Waals surface area (Å²) in [5, 5.41) is 6.74. The van der Waals surface area contributed by atoms with E-state index in [0.29, 0.717) is 6.04 Å². The van der Waals surface area contributed by atoms with E-state index in [2.05, 4.69) is 10.6 Å². The minimum atomic E-state index is 0.184. The highest BCUT2D eigenvalue weighted by Gasteiger charge is 2.34. The van der Waals surface area contributed by atoms with Crippen LogP contribution in [-0.2, 0) is 0 Å². The number of hydrogen-bond acceptors (Lipinski definition) is 2. The predicted octanol–water partition coefficient (Wildman–Crippen LogP) is 1.57. The van der Waals surface area contributed by atoms with Crippen molar-refractivity contribution in [3.63, 3.8) is 0 Å². The van der Waals surface area contributed by atoms with Crippen LogP contribution < -0.4 is 10.6 Å². The standard InChI is InChI=1S/C14H25N3O/c18-14(17-6-2-1-3-7-17)16-13-5-4-11-9-15-10-12(11)8-13/h11-13,15H,1-10H2,(H,16,18)/t11-,12+,13?/m0/s1. The molecule has 2 saturated heterocycles. The number of carbonyl (C=O) groups is 1. The lowest BCUT2D eigenvalue weighted by Gasteiger charge is -2.34. The second kappa shape index (κ2) is 5.47. The van der Waals surface area contributed by atoms with Crippen molar-refractivity contribution in [1.82, 2.24) is 15.5 Å². The Morgan fingerprint density at radius 2 is 1.83 bits per heavy atom. The van der Waals surface area contributed by atoms with E-state index < -0.39 is 0 Å². The summed E-state index contributed by atoms with van der Waals surface area (Å²) in [5.74, 6) is 1.67. The van der Waals surface area contributed by atoms with E-state index in [9.17, 15) is 4.79 Å². The van der Waals surface area contributed by atoms with Crippen LogP contribution in [0, 0.1) is 11.8 Å². The van der Waals surface area contributed by atoms with E-state index in [1.807, 2.05) is 4.90 Å². The lowest BCUT2D eigenvalue weighted by molar-refractivity contribution is 0.171. The van der Waals surface area contributed by atoms with Gasteiger partial charge in [0.1, 0.15) is 0 Å². The van der Waals surface area contributed by atoms with Gasteiger partial charge in [0.2, 0.25) is 0 Å². The molecule has 2 N–H and O–H groups in total. The third-order valence-electron chi connectivity index (χ3n) is 4.92. The maximum Gasteiger partial charge on any atom is 0.317 e. The van der Waals surface area contributed by atoms with Crippen LogP contribution in [0.25, 0.3) is 0 Å². The maximum absolute atomic E-state index is 12.2.